The largest absolute Gasteiger partial charge is 0.273 e. The topological polar surface area (TPSA) is 72.7 Å². The summed E-state index contributed by atoms with van der Waals surface area (Å²) in [6.45, 7) is 1.37. The summed E-state index contributed by atoms with van der Waals surface area (Å²) in [4.78, 5) is 25.6. The van der Waals surface area contributed by atoms with Gasteiger partial charge in [0.25, 0.3) is 0 Å². The van der Waals surface area contributed by atoms with Crippen LogP contribution in [0.2, 0.25) is 0 Å². The number of hydrogen-bond donors (Lipinski definition) is 1. The lowest BCUT2D eigenvalue weighted by Gasteiger charge is -2.22. The molecular formula is C15H14N6OS. The molecule has 0 saturated carbocycles. The maximum absolute atomic E-state index is 11.4. The molecule has 0 radical (unpaired) electrons. The monoisotopic (exact) mass is 326 g/mol. The molecular weight excluding hydrogens is 312 g/mol. The number of thiocarbonyl (C=S) groups is 1. The van der Waals surface area contributed by atoms with E-state index in [0.717, 1.165) is 5.69 Å². The third-order valence-corrected chi connectivity index (χ3v) is 3.44. The summed E-state index contributed by atoms with van der Waals surface area (Å²) in [5.74, 6) is 0.582. The predicted octanol–water partition coefficient (Wildman–Crippen LogP) is 1.50. The molecule has 2 heterocycles. The quantitative estimate of drug-likeness (QED) is 0.792. The molecule has 1 aromatic carbocycles. The van der Waals surface area contributed by atoms with E-state index in [4.69, 9.17) is 12.2 Å². The molecule has 23 heavy (non-hydrogen) atoms. The Morgan fingerprint density at radius 1 is 1.22 bits per heavy atom. The number of amides is 1. The number of para-hydroxylation sites is 1. The average molecular weight is 326 g/mol. The van der Waals surface area contributed by atoms with E-state index in [1.807, 2.05) is 42.3 Å². The van der Waals surface area contributed by atoms with E-state index in [0.29, 0.717) is 16.6 Å². The van der Waals surface area contributed by atoms with Crippen LogP contribution in [0, 0.1) is 0 Å². The average Bonchev–Trinajstić information content (AvgIpc) is 2.82. The molecule has 116 valence electrons. The molecule has 3 rings (SSSR count). The summed E-state index contributed by atoms with van der Waals surface area (Å²) in [6.07, 6.45) is 3.05. The zero-order valence-corrected chi connectivity index (χ0v) is 13.4. The lowest BCUT2D eigenvalue weighted by molar-refractivity contribution is -0.115. The number of nitrogens with one attached hydrogen (secondary N) is 1. The van der Waals surface area contributed by atoms with Gasteiger partial charge in [-0.3, -0.25) is 20.1 Å². The van der Waals surface area contributed by atoms with E-state index >= 15 is 0 Å². The molecule has 2 aliphatic heterocycles. The van der Waals surface area contributed by atoms with E-state index in [1.165, 1.54) is 13.1 Å². The van der Waals surface area contributed by atoms with Gasteiger partial charge in [0.1, 0.15) is 0 Å². The Balaban J connectivity index is 2.17. The van der Waals surface area contributed by atoms with Crippen LogP contribution in [0.1, 0.15) is 6.92 Å². The highest BCUT2D eigenvalue weighted by atomic mass is 32.1. The van der Waals surface area contributed by atoms with Crippen molar-refractivity contribution in [3.63, 3.8) is 0 Å². The molecule has 1 fully saturated rings. The number of amidine groups is 1. The minimum absolute atomic E-state index is 0.259. The normalized spacial score (nSPS) is 22.0. The van der Waals surface area contributed by atoms with Gasteiger partial charge in [-0.2, -0.15) is 4.99 Å². The maximum atomic E-state index is 11.4. The lowest BCUT2D eigenvalue weighted by atomic mass is 10.2. The first-order chi connectivity index (χ1) is 11.1. The Hall–Kier alpha value is -2.87. The Morgan fingerprint density at radius 3 is 2.61 bits per heavy atom. The van der Waals surface area contributed by atoms with Crippen molar-refractivity contribution in [1.29, 1.82) is 0 Å². The lowest BCUT2D eigenvalue weighted by Crippen LogP contribution is -2.29. The summed E-state index contributed by atoms with van der Waals surface area (Å²) in [7, 11) is 1.82. The third kappa shape index (κ3) is 2.88. The van der Waals surface area contributed by atoms with Crippen molar-refractivity contribution in [2.24, 2.45) is 15.0 Å². The first-order valence-corrected chi connectivity index (χ1v) is 7.29. The van der Waals surface area contributed by atoms with E-state index < -0.39 is 0 Å². The number of hydrogen-bond acceptors (Lipinski definition) is 4. The van der Waals surface area contributed by atoms with Crippen molar-refractivity contribution in [2.45, 2.75) is 6.92 Å². The van der Waals surface area contributed by atoms with E-state index in [2.05, 4.69) is 20.4 Å². The Morgan fingerprint density at radius 2 is 1.91 bits per heavy atom. The SMILES string of the molecule is CC(=O)N=C1N=CC=N/C1=C1/N(C)NC(=S)N1c1ccccc1. The van der Waals surface area contributed by atoms with Crippen LogP contribution >= 0.6 is 12.2 Å². The van der Waals surface area contributed by atoms with E-state index in [1.54, 1.807) is 11.2 Å². The molecule has 0 aliphatic carbocycles. The highest BCUT2D eigenvalue weighted by molar-refractivity contribution is 7.80. The van der Waals surface area contributed by atoms with Crippen LogP contribution in [0.3, 0.4) is 0 Å². The minimum atomic E-state index is -0.338. The van der Waals surface area contributed by atoms with Gasteiger partial charge in [-0.1, -0.05) is 18.2 Å². The second-order valence-corrected chi connectivity index (χ2v) is 5.22. The van der Waals surface area contributed by atoms with Gasteiger partial charge in [0.2, 0.25) is 5.91 Å². The second-order valence-electron chi connectivity index (χ2n) is 4.83. The molecule has 1 amide bonds. The number of hydrazine groups is 1. The Kier molecular flexibility index (Phi) is 3.98. The van der Waals surface area contributed by atoms with Gasteiger partial charge < -0.3 is 0 Å². The first-order valence-electron chi connectivity index (χ1n) is 6.88. The van der Waals surface area contributed by atoms with Gasteiger partial charge in [-0.05, 0) is 24.4 Å². The number of carbonyl (C=O) groups is 1. The molecule has 8 heteroatoms. The van der Waals surface area contributed by atoms with Crippen molar-refractivity contribution >= 4 is 47.2 Å². The highest BCUT2D eigenvalue weighted by Gasteiger charge is 2.33. The molecule has 0 aromatic heterocycles. The fraction of sp³-hybridized carbons (Fsp3) is 0.133. The molecule has 0 unspecified atom stereocenters. The van der Waals surface area contributed by atoms with Crippen molar-refractivity contribution in [3.05, 3.63) is 41.8 Å². The number of nitrogens with zero attached hydrogens (tertiary/aromatic N) is 5. The third-order valence-electron chi connectivity index (χ3n) is 3.16. The predicted molar refractivity (Wildman–Crippen MR) is 94.5 cm³/mol. The van der Waals surface area contributed by atoms with Crippen LogP contribution in [0.4, 0.5) is 5.69 Å². The molecule has 1 saturated heterocycles. The van der Waals surface area contributed by atoms with Crippen LogP contribution in [-0.2, 0) is 4.79 Å². The highest BCUT2D eigenvalue weighted by Crippen LogP contribution is 2.28. The number of rotatable bonds is 1. The van der Waals surface area contributed by atoms with Gasteiger partial charge in [-0.15, -0.1) is 0 Å². The van der Waals surface area contributed by atoms with Crippen molar-refractivity contribution in [2.75, 3.05) is 11.9 Å². The molecule has 7 nitrogen and oxygen atoms in total. The molecule has 0 bridgehead atoms. The van der Waals surface area contributed by atoms with Gasteiger partial charge >= 0.3 is 0 Å². The second kappa shape index (κ2) is 6.09. The smallest absolute Gasteiger partial charge is 0.244 e. The maximum Gasteiger partial charge on any atom is 0.244 e. The van der Waals surface area contributed by atoms with E-state index in [-0.39, 0.29) is 11.7 Å². The fourth-order valence-electron chi connectivity index (χ4n) is 2.29. The number of aliphatic imine (C=N–C) groups is 3. The summed E-state index contributed by atoms with van der Waals surface area (Å²) in [5.41, 5.74) is 4.41. The minimum Gasteiger partial charge on any atom is -0.273 e. The van der Waals surface area contributed by atoms with Gasteiger partial charge in [-0.25, -0.2) is 9.98 Å². The Bertz CT molecular complexity index is 780. The van der Waals surface area contributed by atoms with Crippen LogP contribution in [-0.4, -0.2) is 41.3 Å². The Labute approximate surface area is 138 Å². The van der Waals surface area contributed by atoms with Gasteiger partial charge in [0, 0.05) is 32.1 Å². The number of benzene rings is 1. The van der Waals surface area contributed by atoms with E-state index in [9.17, 15) is 4.79 Å². The number of anilines is 1. The van der Waals surface area contributed by atoms with Crippen molar-refractivity contribution in [1.82, 2.24) is 10.4 Å². The van der Waals surface area contributed by atoms with Gasteiger partial charge in [0.15, 0.2) is 22.5 Å². The summed E-state index contributed by atoms with van der Waals surface area (Å²) in [5, 5.41) is 2.24. The van der Waals surface area contributed by atoms with Crippen LogP contribution in [0.15, 0.2) is 56.8 Å². The standard InChI is InChI=1S/C15H14N6OS/c1-10(22)18-13-12(16-8-9-17-13)14-20(2)19-15(23)21(14)11-6-4-3-5-7-11/h3-9H,1-2H3,(H,19,23)/b14-12-,18-13?. The fourth-order valence-corrected chi connectivity index (χ4v) is 2.62. The van der Waals surface area contributed by atoms with Gasteiger partial charge in [0.05, 0.1) is 0 Å². The zero-order chi connectivity index (χ0) is 16.4. The first kappa shape index (κ1) is 15.0. The molecule has 0 spiro atoms. The van der Waals surface area contributed by atoms with Crippen LogP contribution < -0.4 is 10.3 Å². The van der Waals surface area contributed by atoms with Crippen LogP contribution in [0.25, 0.3) is 0 Å². The van der Waals surface area contributed by atoms with Crippen molar-refractivity contribution < 1.29 is 4.79 Å². The molecule has 1 aromatic rings. The zero-order valence-electron chi connectivity index (χ0n) is 12.6. The summed E-state index contributed by atoms with van der Waals surface area (Å²) < 4.78 is 0. The molecule has 1 N–H and O–H groups in total. The number of carbonyl (C=O) groups excluding carboxylic acids is 1. The summed E-state index contributed by atoms with van der Waals surface area (Å²) >= 11 is 5.41. The van der Waals surface area contributed by atoms with Crippen LogP contribution in [0.5, 0.6) is 0 Å². The molecule has 2 aliphatic rings. The van der Waals surface area contributed by atoms with Crippen molar-refractivity contribution in [3.8, 4) is 0 Å². The molecule has 0 atom stereocenters. The summed E-state index contributed by atoms with van der Waals surface area (Å²) in [6, 6.07) is 9.64.